The Hall–Kier alpha value is -1.80. The summed E-state index contributed by atoms with van der Waals surface area (Å²) in [7, 11) is 0. The van der Waals surface area contributed by atoms with Crippen LogP contribution in [-0.2, 0) is 0 Å². The molecule has 0 bridgehead atoms. The topological polar surface area (TPSA) is 0 Å². The molecule has 3 aliphatic carbocycles. The van der Waals surface area contributed by atoms with Crippen molar-refractivity contribution >= 4 is 0 Å². The van der Waals surface area contributed by atoms with E-state index < -0.39 is 81.7 Å². The molecule has 2 saturated carbocycles. The first-order valence-electron chi connectivity index (χ1n) is 8.16. The first-order valence-corrected chi connectivity index (χ1v) is 8.16. The summed E-state index contributed by atoms with van der Waals surface area (Å²) < 4.78 is 303. The van der Waals surface area contributed by atoms with Gasteiger partial charge in [-0.1, -0.05) is 0 Å². The quantitative estimate of drug-likeness (QED) is 0.298. The van der Waals surface area contributed by atoms with Gasteiger partial charge in [0.15, 0.2) is 11.2 Å². The largest absolute Gasteiger partial charge is 0.385 e. The number of allylic oxidation sites excluding steroid dienone is 2. The first kappa shape index (κ1) is 28.8. The van der Waals surface area contributed by atoms with Crippen molar-refractivity contribution in [1.29, 1.82) is 0 Å². The Labute approximate surface area is 179 Å². The van der Waals surface area contributed by atoms with E-state index in [4.69, 9.17) is 0 Å². The Morgan fingerprint density at radius 1 is 0.306 bits per heavy atom. The lowest BCUT2D eigenvalue weighted by atomic mass is 9.39. The predicted molar refractivity (Wildman–Crippen MR) is 63.9 cm³/mol. The number of rotatable bonds is 2. The molecule has 0 spiro atoms. The minimum absolute atomic E-state index is 5.59. The fraction of sp³-hybridized carbons (Fsp3) is 0.857. The second kappa shape index (κ2) is 5.93. The lowest BCUT2D eigenvalue weighted by Crippen LogP contribution is -3.00. The highest BCUT2D eigenvalue weighted by Crippen LogP contribution is 2.89. The lowest BCUT2D eigenvalue weighted by molar-refractivity contribution is -0.574. The molecule has 0 atom stereocenters. The molecule has 0 aromatic heterocycles. The van der Waals surface area contributed by atoms with Crippen LogP contribution in [0.25, 0.3) is 0 Å². The molecule has 0 heterocycles. The summed E-state index contributed by atoms with van der Waals surface area (Å²) >= 11 is 0. The van der Waals surface area contributed by atoms with Gasteiger partial charge >= 0.3 is 59.2 Å². The molecule has 36 heavy (non-hydrogen) atoms. The highest BCUT2D eigenvalue weighted by Gasteiger charge is 3.17. The average molecular weight is 586 g/mol. The van der Waals surface area contributed by atoms with Gasteiger partial charge in [-0.2, -0.15) is 87.8 Å². The van der Waals surface area contributed by atoms with Crippen LogP contribution in [0.1, 0.15) is 0 Å². The second-order valence-corrected chi connectivity index (χ2v) is 7.84. The van der Waals surface area contributed by atoms with Crippen LogP contribution < -0.4 is 0 Å². The molecule has 210 valence electrons. The van der Waals surface area contributed by atoms with Crippen molar-refractivity contribution in [2.45, 2.75) is 64.9 Å². The third-order valence-corrected chi connectivity index (χ3v) is 6.27. The van der Waals surface area contributed by atoms with Gasteiger partial charge in [-0.15, -0.1) is 0 Å². The van der Waals surface area contributed by atoms with E-state index in [0.717, 1.165) is 0 Å². The van der Waals surface area contributed by atoms with E-state index in [2.05, 4.69) is 0 Å². The predicted octanol–water partition coefficient (Wildman–Crippen LogP) is 7.30. The summed E-state index contributed by atoms with van der Waals surface area (Å²) in [5.74, 6) is -86.0. The Balaban J connectivity index is 2.71. The highest BCUT2D eigenvalue weighted by molar-refractivity contribution is 5.56. The van der Waals surface area contributed by atoms with Crippen molar-refractivity contribution in [2.75, 3.05) is 0 Å². The van der Waals surface area contributed by atoms with Crippen molar-refractivity contribution in [3.8, 4) is 0 Å². The van der Waals surface area contributed by atoms with E-state index in [1.807, 2.05) is 0 Å². The molecule has 3 aliphatic rings. The fourth-order valence-electron chi connectivity index (χ4n) is 4.34. The van der Waals surface area contributed by atoms with Crippen LogP contribution in [-0.4, -0.2) is 64.9 Å². The average Bonchev–Trinajstić information content (AvgIpc) is 2.67. The maximum Gasteiger partial charge on any atom is 0.385 e. The normalized spacial score (nSPS) is 35.8. The maximum atomic E-state index is 14.9. The lowest BCUT2D eigenvalue weighted by Gasteiger charge is -2.70. The maximum absolute atomic E-state index is 14.9. The first-order chi connectivity index (χ1) is 15.3. The SMILES string of the molecule is FC1=C(C2(C3(F)C(F)(F)C(F)(F)C3(F)F)C(F)(F)C(F)(F)C2(F)F)C(F)(F)C(F)(F)C(F)(F)C1(F)F. The molecule has 0 aliphatic heterocycles. The molecule has 2 fully saturated rings. The van der Waals surface area contributed by atoms with E-state index >= 15 is 0 Å². The molecule has 0 nitrogen and oxygen atoms in total. The van der Waals surface area contributed by atoms with Gasteiger partial charge in [0.25, 0.3) is 5.67 Å². The summed E-state index contributed by atoms with van der Waals surface area (Å²) in [6, 6.07) is 0. The Morgan fingerprint density at radius 2 is 0.583 bits per heavy atom. The van der Waals surface area contributed by atoms with Gasteiger partial charge in [-0.05, 0) is 0 Å². The van der Waals surface area contributed by atoms with Crippen molar-refractivity contribution in [2.24, 2.45) is 5.41 Å². The molecule has 0 aromatic rings. The van der Waals surface area contributed by atoms with E-state index in [9.17, 15) is 96.6 Å². The fourth-order valence-corrected chi connectivity index (χ4v) is 4.34. The van der Waals surface area contributed by atoms with Crippen molar-refractivity contribution in [3.63, 3.8) is 0 Å². The van der Waals surface area contributed by atoms with Crippen LogP contribution in [0.15, 0.2) is 11.4 Å². The molecular formula is C14F22. The van der Waals surface area contributed by atoms with Crippen LogP contribution in [0.5, 0.6) is 0 Å². The number of hydrogen-bond donors (Lipinski definition) is 0. The molecule has 0 saturated heterocycles. The molecule has 22 heteroatoms. The van der Waals surface area contributed by atoms with Gasteiger partial charge in [0.05, 0.1) is 5.57 Å². The van der Waals surface area contributed by atoms with Crippen LogP contribution in [0.4, 0.5) is 96.6 Å². The van der Waals surface area contributed by atoms with Crippen LogP contribution in [0, 0.1) is 5.41 Å². The van der Waals surface area contributed by atoms with Gasteiger partial charge in [0, 0.05) is 0 Å². The summed E-state index contributed by atoms with van der Waals surface area (Å²) in [6.45, 7) is 0. The van der Waals surface area contributed by atoms with Gasteiger partial charge < -0.3 is 0 Å². The minimum atomic E-state index is -8.44. The Morgan fingerprint density at radius 3 is 0.917 bits per heavy atom. The van der Waals surface area contributed by atoms with Crippen LogP contribution in [0.2, 0.25) is 0 Å². The molecule has 3 rings (SSSR count). The van der Waals surface area contributed by atoms with E-state index in [1.165, 1.54) is 0 Å². The molecular weight excluding hydrogens is 586 g/mol. The van der Waals surface area contributed by atoms with Crippen LogP contribution in [0.3, 0.4) is 0 Å². The Bertz CT molecular complexity index is 1000. The molecule has 0 radical (unpaired) electrons. The van der Waals surface area contributed by atoms with E-state index in [1.54, 1.807) is 0 Å². The van der Waals surface area contributed by atoms with E-state index in [0.29, 0.717) is 0 Å². The highest BCUT2D eigenvalue weighted by atomic mass is 19.4. The molecule has 0 unspecified atom stereocenters. The van der Waals surface area contributed by atoms with E-state index in [-0.39, 0.29) is 0 Å². The van der Waals surface area contributed by atoms with Crippen molar-refractivity contribution in [3.05, 3.63) is 11.4 Å². The Kier molecular flexibility index (Phi) is 4.74. The third kappa shape index (κ3) is 1.91. The van der Waals surface area contributed by atoms with Gasteiger partial charge in [-0.25, -0.2) is 8.78 Å². The van der Waals surface area contributed by atoms with Crippen molar-refractivity contribution in [1.82, 2.24) is 0 Å². The third-order valence-electron chi connectivity index (χ3n) is 6.27. The van der Waals surface area contributed by atoms with Crippen LogP contribution >= 0.6 is 0 Å². The zero-order valence-corrected chi connectivity index (χ0v) is 15.3. The number of halogens is 22. The second-order valence-electron chi connectivity index (χ2n) is 7.84. The summed E-state index contributed by atoms with van der Waals surface area (Å²) in [6.07, 6.45) is 0. The standard InChI is InChI=1S/C14F22/c15-2-1(4(16,17)9(25,26)10(27,28)5(2,18)19)3(7(21,22)13(33,34)8(3,23)24)6(20)11(29,30)14(35,36)12(6,31)32. The number of alkyl halides is 21. The molecule has 0 N–H and O–H groups in total. The van der Waals surface area contributed by atoms with Gasteiger partial charge in [-0.3, -0.25) is 0 Å². The molecule has 0 amide bonds. The zero-order chi connectivity index (χ0) is 29.2. The monoisotopic (exact) mass is 586 g/mol. The minimum Gasteiger partial charge on any atom is -0.228 e. The smallest absolute Gasteiger partial charge is 0.228 e. The molecule has 0 aromatic carbocycles. The summed E-state index contributed by atoms with van der Waals surface area (Å²) in [5, 5.41) is 0. The zero-order valence-electron chi connectivity index (χ0n) is 15.3. The summed E-state index contributed by atoms with van der Waals surface area (Å²) in [4.78, 5) is 0. The van der Waals surface area contributed by atoms with Gasteiger partial charge in [0.1, 0.15) is 0 Å². The number of hydrogen-bond acceptors (Lipinski definition) is 0. The van der Waals surface area contributed by atoms with Crippen molar-refractivity contribution < 1.29 is 96.6 Å². The van der Waals surface area contributed by atoms with Gasteiger partial charge in [0.2, 0.25) is 0 Å². The summed E-state index contributed by atoms with van der Waals surface area (Å²) in [5.41, 5.74) is -22.7.